The summed E-state index contributed by atoms with van der Waals surface area (Å²) >= 11 is 0. The van der Waals surface area contributed by atoms with E-state index in [1.807, 2.05) is 0 Å². The van der Waals surface area contributed by atoms with Gasteiger partial charge in [0.15, 0.2) is 0 Å². The summed E-state index contributed by atoms with van der Waals surface area (Å²) < 4.78 is 28.9. The first-order valence-electron chi connectivity index (χ1n) is 6.95. The Balaban J connectivity index is 2.35. The zero-order valence-corrected chi connectivity index (χ0v) is 11.6. The molecule has 0 aromatic carbocycles. The Morgan fingerprint density at radius 1 is 1.33 bits per heavy atom. The minimum atomic E-state index is -2.36. The number of ether oxygens (including phenoxy) is 1. The van der Waals surface area contributed by atoms with Crippen LogP contribution in [0, 0.1) is 0 Å². The fourth-order valence-electron chi connectivity index (χ4n) is 2.50. The number of alkyl halides is 2. The van der Waals surface area contributed by atoms with E-state index in [1.165, 1.54) is 0 Å². The first-order chi connectivity index (χ1) is 8.62. The van der Waals surface area contributed by atoms with E-state index in [-0.39, 0.29) is 5.54 Å². The van der Waals surface area contributed by atoms with Crippen LogP contribution in [-0.4, -0.2) is 56.3 Å². The number of hydrogen-bond acceptors (Lipinski definition) is 3. The summed E-state index contributed by atoms with van der Waals surface area (Å²) in [7, 11) is 0. The predicted molar refractivity (Wildman–Crippen MR) is 69.2 cm³/mol. The molecule has 0 atom stereocenters. The highest BCUT2D eigenvalue weighted by Gasteiger charge is 2.29. The molecule has 1 aliphatic heterocycles. The van der Waals surface area contributed by atoms with Crippen LogP contribution in [0.4, 0.5) is 8.78 Å². The molecular weight excluding hydrogens is 238 g/mol. The molecule has 0 unspecified atom stereocenters. The van der Waals surface area contributed by atoms with E-state index in [9.17, 15) is 8.78 Å². The van der Waals surface area contributed by atoms with Crippen LogP contribution in [0.15, 0.2) is 0 Å². The van der Waals surface area contributed by atoms with Crippen LogP contribution in [0.5, 0.6) is 0 Å². The van der Waals surface area contributed by atoms with E-state index in [0.29, 0.717) is 6.61 Å². The number of nitrogens with zero attached hydrogens (tertiary/aromatic N) is 1. The van der Waals surface area contributed by atoms with Gasteiger partial charge in [0.25, 0.3) is 6.43 Å². The molecule has 1 aliphatic rings. The number of rotatable bonds is 7. The summed E-state index contributed by atoms with van der Waals surface area (Å²) in [6.07, 6.45) is 0.938. The summed E-state index contributed by atoms with van der Waals surface area (Å²) in [5.74, 6) is 0. The van der Waals surface area contributed by atoms with E-state index in [1.54, 1.807) is 0 Å². The minimum Gasteiger partial charge on any atom is -0.374 e. The zero-order chi connectivity index (χ0) is 13.4. The van der Waals surface area contributed by atoms with Crippen LogP contribution in [0.1, 0.15) is 33.1 Å². The maximum atomic E-state index is 11.9. The van der Waals surface area contributed by atoms with Gasteiger partial charge in [0.1, 0.15) is 6.61 Å². The van der Waals surface area contributed by atoms with E-state index in [0.717, 1.165) is 45.4 Å². The fourth-order valence-corrected chi connectivity index (χ4v) is 2.50. The Kier molecular flexibility index (Phi) is 7.04. The third-order valence-electron chi connectivity index (χ3n) is 3.83. The Morgan fingerprint density at radius 2 is 2.06 bits per heavy atom. The lowest BCUT2D eigenvalue weighted by Crippen LogP contribution is -2.51. The van der Waals surface area contributed by atoms with Crippen molar-refractivity contribution in [3.8, 4) is 0 Å². The molecule has 1 rings (SSSR count). The van der Waals surface area contributed by atoms with Crippen LogP contribution in [0.2, 0.25) is 0 Å². The lowest BCUT2D eigenvalue weighted by molar-refractivity contribution is 0.00824. The summed E-state index contributed by atoms with van der Waals surface area (Å²) in [5, 5.41) is 3.63. The van der Waals surface area contributed by atoms with Gasteiger partial charge in [0.2, 0.25) is 0 Å². The van der Waals surface area contributed by atoms with Gasteiger partial charge in [-0.2, -0.15) is 0 Å². The van der Waals surface area contributed by atoms with Crippen molar-refractivity contribution in [2.75, 3.05) is 39.4 Å². The Morgan fingerprint density at radius 3 is 2.67 bits per heavy atom. The molecule has 0 aromatic rings. The smallest absolute Gasteiger partial charge is 0.261 e. The molecule has 1 saturated heterocycles. The second-order valence-electron chi connectivity index (χ2n) is 5.01. The lowest BCUT2D eigenvalue weighted by Gasteiger charge is -2.35. The van der Waals surface area contributed by atoms with Gasteiger partial charge in [-0.15, -0.1) is 0 Å². The van der Waals surface area contributed by atoms with Crippen LogP contribution in [-0.2, 0) is 4.74 Å². The van der Waals surface area contributed by atoms with E-state index in [2.05, 4.69) is 24.1 Å². The average molecular weight is 264 g/mol. The van der Waals surface area contributed by atoms with Crippen LogP contribution in [0.25, 0.3) is 0 Å². The van der Waals surface area contributed by atoms with Gasteiger partial charge in [0, 0.05) is 18.6 Å². The number of halogens is 2. The molecule has 1 heterocycles. The summed E-state index contributed by atoms with van der Waals surface area (Å²) in [6.45, 7) is 8.14. The maximum Gasteiger partial charge on any atom is 0.261 e. The Hall–Kier alpha value is -0.260. The average Bonchev–Trinajstić information content (AvgIpc) is 2.57. The monoisotopic (exact) mass is 264 g/mol. The number of hydrogen-bond donors (Lipinski definition) is 1. The highest BCUT2D eigenvalue weighted by Crippen LogP contribution is 2.19. The second kappa shape index (κ2) is 8.02. The molecule has 18 heavy (non-hydrogen) atoms. The standard InChI is InChI=1S/C13H26F2N2O/c1-3-13(4-2)11-17(7-5-6-16-13)8-9-18-10-12(14)15/h12,16H,3-11H2,1-2H3. The van der Waals surface area contributed by atoms with Gasteiger partial charge >= 0.3 is 0 Å². The van der Waals surface area contributed by atoms with E-state index in [4.69, 9.17) is 4.74 Å². The Labute approximate surface area is 109 Å². The molecule has 0 aromatic heterocycles. The Bertz CT molecular complexity index is 223. The van der Waals surface area contributed by atoms with Crippen molar-refractivity contribution in [1.82, 2.24) is 10.2 Å². The van der Waals surface area contributed by atoms with Crippen LogP contribution < -0.4 is 5.32 Å². The molecule has 0 spiro atoms. The molecular formula is C13H26F2N2O. The lowest BCUT2D eigenvalue weighted by atomic mass is 9.92. The van der Waals surface area contributed by atoms with Crippen molar-refractivity contribution in [3.63, 3.8) is 0 Å². The fraction of sp³-hybridized carbons (Fsp3) is 1.00. The first-order valence-corrected chi connectivity index (χ1v) is 6.95. The minimum absolute atomic E-state index is 0.180. The second-order valence-corrected chi connectivity index (χ2v) is 5.01. The third-order valence-corrected chi connectivity index (χ3v) is 3.83. The molecule has 0 amide bonds. The molecule has 1 fully saturated rings. The third kappa shape index (κ3) is 5.16. The van der Waals surface area contributed by atoms with E-state index < -0.39 is 13.0 Å². The molecule has 0 aliphatic carbocycles. The summed E-state index contributed by atoms with van der Waals surface area (Å²) in [6, 6.07) is 0. The van der Waals surface area contributed by atoms with Gasteiger partial charge in [0.05, 0.1) is 6.61 Å². The number of nitrogens with one attached hydrogen (secondary N) is 1. The predicted octanol–water partition coefficient (Wildman–Crippen LogP) is 2.12. The van der Waals surface area contributed by atoms with Gasteiger partial charge in [-0.1, -0.05) is 13.8 Å². The molecule has 108 valence electrons. The van der Waals surface area contributed by atoms with Crippen molar-refractivity contribution in [2.24, 2.45) is 0 Å². The zero-order valence-electron chi connectivity index (χ0n) is 11.6. The van der Waals surface area contributed by atoms with Crippen molar-refractivity contribution >= 4 is 0 Å². The molecule has 1 N–H and O–H groups in total. The topological polar surface area (TPSA) is 24.5 Å². The highest BCUT2D eigenvalue weighted by atomic mass is 19.3. The molecule has 0 bridgehead atoms. The van der Waals surface area contributed by atoms with Gasteiger partial charge in [-0.25, -0.2) is 8.78 Å². The van der Waals surface area contributed by atoms with Crippen LogP contribution in [0.3, 0.4) is 0 Å². The first kappa shape index (κ1) is 15.8. The van der Waals surface area contributed by atoms with Crippen molar-refractivity contribution in [3.05, 3.63) is 0 Å². The maximum absolute atomic E-state index is 11.9. The van der Waals surface area contributed by atoms with Crippen molar-refractivity contribution in [1.29, 1.82) is 0 Å². The van der Waals surface area contributed by atoms with Gasteiger partial charge < -0.3 is 10.1 Å². The summed E-state index contributed by atoms with van der Waals surface area (Å²) in [4.78, 5) is 2.33. The largest absolute Gasteiger partial charge is 0.374 e. The summed E-state index contributed by atoms with van der Waals surface area (Å²) in [5.41, 5.74) is 0.180. The molecule has 5 heteroatoms. The van der Waals surface area contributed by atoms with Crippen LogP contribution >= 0.6 is 0 Å². The van der Waals surface area contributed by atoms with Gasteiger partial charge in [-0.3, -0.25) is 4.90 Å². The van der Waals surface area contributed by atoms with E-state index >= 15 is 0 Å². The SMILES string of the molecule is CCC1(CC)CN(CCOCC(F)F)CCCN1. The molecule has 3 nitrogen and oxygen atoms in total. The highest BCUT2D eigenvalue weighted by molar-refractivity contribution is 4.90. The molecule has 0 saturated carbocycles. The molecule has 0 radical (unpaired) electrons. The van der Waals surface area contributed by atoms with Crippen molar-refractivity contribution in [2.45, 2.75) is 45.1 Å². The normalized spacial score (nSPS) is 21.2. The van der Waals surface area contributed by atoms with Crippen molar-refractivity contribution < 1.29 is 13.5 Å². The quantitative estimate of drug-likeness (QED) is 0.713. The van der Waals surface area contributed by atoms with Gasteiger partial charge in [-0.05, 0) is 32.4 Å².